The summed E-state index contributed by atoms with van der Waals surface area (Å²) in [5.41, 5.74) is 0.582. The van der Waals surface area contributed by atoms with Crippen molar-refractivity contribution in [1.29, 1.82) is 0 Å². The minimum atomic E-state index is -3.62. The third kappa shape index (κ3) is 4.28. The number of rotatable bonds is 6. The van der Waals surface area contributed by atoms with Crippen LogP contribution in [0.4, 0.5) is 0 Å². The fourth-order valence-corrected chi connectivity index (χ4v) is 2.21. The zero-order chi connectivity index (χ0) is 13.6. The molecule has 0 heterocycles. The molecule has 0 spiro atoms. The normalized spacial score (nSPS) is 11.8. The first-order chi connectivity index (χ1) is 8.45. The molecular formula is C11H13NO5S. The van der Waals surface area contributed by atoms with Crippen molar-refractivity contribution in [3.8, 4) is 0 Å². The number of hydrogen-bond acceptors (Lipinski definition) is 4. The van der Waals surface area contributed by atoms with E-state index < -0.39 is 16.0 Å². The van der Waals surface area contributed by atoms with Gasteiger partial charge in [-0.2, -0.15) is 0 Å². The Morgan fingerprint density at radius 2 is 1.89 bits per heavy atom. The Kier molecular flexibility index (Phi) is 5.02. The number of aliphatic carboxylic acids is 1. The number of hydrogen-bond donors (Lipinski definition) is 3. The second-order valence-electron chi connectivity index (χ2n) is 3.36. The van der Waals surface area contributed by atoms with Crippen LogP contribution in [0.15, 0.2) is 35.2 Å². The summed E-state index contributed by atoms with van der Waals surface area (Å²) in [7, 11) is -3.62. The average molecular weight is 271 g/mol. The molecule has 0 saturated heterocycles. The van der Waals surface area contributed by atoms with Crippen molar-refractivity contribution in [2.75, 3.05) is 13.2 Å². The molecule has 0 aromatic heterocycles. The van der Waals surface area contributed by atoms with Crippen LogP contribution in [0, 0.1) is 0 Å². The molecule has 6 nitrogen and oxygen atoms in total. The molecule has 18 heavy (non-hydrogen) atoms. The summed E-state index contributed by atoms with van der Waals surface area (Å²) in [6.07, 6.45) is 2.33. The third-order valence-electron chi connectivity index (χ3n) is 2.01. The van der Waals surface area contributed by atoms with E-state index in [1.807, 2.05) is 0 Å². The lowest BCUT2D eigenvalue weighted by molar-refractivity contribution is -0.131. The second-order valence-corrected chi connectivity index (χ2v) is 5.13. The first-order valence-corrected chi connectivity index (χ1v) is 6.55. The molecule has 3 N–H and O–H groups in total. The smallest absolute Gasteiger partial charge is 0.328 e. The molecule has 0 unspecified atom stereocenters. The average Bonchev–Trinajstić information content (AvgIpc) is 2.34. The number of aliphatic hydroxyl groups excluding tert-OH is 1. The van der Waals surface area contributed by atoms with Crippen LogP contribution in [-0.2, 0) is 14.8 Å². The lowest BCUT2D eigenvalue weighted by Gasteiger charge is -2.05. The topological polar surface area (TPSA) is 104 Å². The summed E-state index contributed by atoms with van der Waals surface area (Å²) >= 11 is 0. The maximum Gasteiger partial charge on any atom is 0.328 e. The highest BCUT2D eigenvalue weighted by atomic mass is 32.2. The molecule has 0 fully saturated rings. The van der Waals surface area contributed by atoms with Crippen LogP contribution in [0.5, 0.6) is 0 Å². The zero-order valence-electron chi connectivity index (χ0n) is 9.41. The first-order valence-electron chi connectivity index (χ1n) is 5.07. The number of benzene rings is 1. The Morgan fingerprint density at radius 3 is 2.39 bits per heavy atom. The van der Waals surface area contributed by atoms with Crippen molar-refractivity contribution < 1.29 is 23.4 Å². The molecule has 0 bridgehead atoms. The number of carboxylic acid groups (broad SMARTS) is 1. The van der Waals surface area contributed by atoms with Gasteiger partial charge in [0.15, 0.2) is 0 Å². The number of carbonyl (C=O) groups is 1. The monoisotopic (exact) mass is 271 g/mol. The van der Waals surface area contributed by atoms with Gasteiger partial charge in [0.2, 0.25) is 10.0 Å². The largest absolute Gasteiger partial charge is 0.478 e. The quantitative estimate of drug-likeness (QED) is 0.634. The minimum Gasteiger partial charge on any atom is -0.478 e. The summed E-state index contributed by atoms with van der Waals surface area (Å²) in [4.78, 5) is 10.4. The Hall–Kier alpha value is -1.70. The SMILES string of the molecule is O=C(O)/C=C/c1ccc(S(=O)(=O)NCCO)cc1. The van der Waals surface area contributed by atoms with Gasteiger partial charge in [0.05, 0.1) is 11.5 Å². The van der Waals surface area contributed by atoms with Crippen molar-refractivity contribution in [1.82, 2.24) is 4.72 Å². The number of nitrogens with one attached hydrogen (secondary N) is 1. The van der Waals surface area contributed by atoms with Crippen LogP contribution < -0.4 is 4.72 Å². The van der Waals surface area contributed by atoms with E-state index in [-0.39, 0.29) is 18.0 Å². The maximum atomic E-state index is 11.6. The molecule has 1 aromatic carbocycles. The van der Waals surface area contributed by atoms with Gasteiger partial charge in [-0.3, -0.25) is 0 Å². The number of carboxylic acids is 1. The molecule has 0 atom stereocenters. The van der Waals surface area contributed by atoms with Crippen molar-refractivity contribution in [2.45, 2.75) is 4.90 Å². The van der Waals surface area contributed by atoms with Gasteiger partial charge in [-0.25, -0.2) is 17.9 Å². The fourth-order valence-electron chi connectivity index (χ4n) is 1.19. The Morgan fingerprint density at radius 1 is 1.28 bits per heavy atom. The van der Waals surface area contributed by atoms with Gasteiger partial charge >= 0.3 is 5.97 Å². The highest BCUT2D eigenvalue weighted by Crippen LogP contribution is 2.11. The predicted molar refractivity (Wildman–Crippen MR) is 65.4 cm³/mol. The van der Waals surface area contributed by atoms with Crippen molar-refractivity contribution in [3.05, 3.63) is 35.9 Å². The predicted octanol–water partition coefficient (Wildman–Crippen LogP) is 0.0550. The minimum absolute atomic E-state index is 0.0526. The fraction of sp³-hybridized carbons (Fsp3) is 0.182. The highest BCUT2D eigenvalue weighted by molar-refractivity contribution is 7.89. The van der Waals surface area contributed by atoms with Crippen molar-refractivity contribution >= 4 is 22.1 Å². The van der Waals surface area contributed by atoms with Crippen LogP contribution in [0.2, 0.25) is 0 Å². The van der Waals surface area contributed by atoms with E-state index in [2.05, 4.69) is 4.72 Å². The molecule has 0 saturated carbocycles. The number of sulfonamides is 1. The van der Waals surface area contributed by atoms with Gasteiger partial charge in [-0.1, -0.05) is 12.1 Å². The Bertz CT molecular complexity index is 533. The molecule has 1 rings (SSSR count). The van der Waals surface area contributed by atoms with E-state index >= 15 is 0 Å². The van der Waals surface area contributed by atoms with Gasteiger partial charge in [0.25, 0.3) is 0 Å². The molecule has 0 amide bonds. The van der Waals surface area contributed by atoms with Gasteiger partial charge in [0.1, 0.15) is 0 Å². The molecule has 0 aliphatic rings. The molecule has 7 heteroatoms. The zero-order valence-corrected chi connectivity index (χ0v) is 10.2. The van der Waals surface area contributed by atoms with Crippen LogP contribution in [0.25, 0.3) is 6.08 Å². The molecular weight excluding hydrogens is 258 g/mol. The van der Waals surface area contributed by atoms with E-state index in [1.165, 1.54) is 30.3 Å². The summed E-state index contributed by atoms with van der Waals surface area (Å²) in [5, 5.41) is 17.0. The van der Waals surface area contributed by atoms with Crippen LogP contribution in [0.1, 0.15) is 5.56 Å². The van der Waals surface area contributed by atoms with Gasteiger partial charge in [-0.15, -0.1) is 0 Å². The third-order valence-corrected chi connectivity index (χ3v) is 3.49. The van der Waals surface area contributed by atoms with E-state index in [9.17, 15) is 13.2 Å². The summed E-state index contributed by atoms with van der Waals surface area (Å²) in [6.45, 7) is -0.332. The van der Waals surface area contributed by atoms with Crippen LogP contribution >= 0.6 is 0 Å². The van der Waals surface area contributed by atoms with Crippen molar-refractivity contribution in [2.24, 2.45) is 0 Å². The summed E-state index contributed by atoms with van der Waals surface area (Å²) in [5.74, 6) is -1.07. The van der Waals surface area contributed by atoms with E-state index in [4.69, 9.17) is 10.2 Å². The van der Waals surface area contributed by atoms with Crippen LogP contribution in [-0.4, -0.2) is 37.8 Å². The summed E-state index contributed by atoms with van der Waals surface area (Å²) < 4.78 is 25.5. The Balaban J connectivity index is 2.86. The van der Waals surface area contributed by atoms with Gasteiger partial charge in [-0.05, 0) is 23.8 Å². The first kappa shape index (κ1) is 14.4. The van der Waals surface area contributed by atoms with Crippen LogP contribution in [0.3, 0.4) is 0 Å². The lowest BCUT2D eigenvalue weighted by Crippen LogP contribution is -2.26. The van der Waals surface area contributed by atoms with Gasteiger partial charge in [0, 0.05) is 12.6 Å². The van der Waals surface area contributed by atoms with E-state index in [0.29, 0.717) is 5.56 Å². The molecule has 0 aliphatic heterocycles. The molecule has 1 aromatic rings. The second kappa shape index (κ2) is 6.29. The maximum absolute atomic E-state index is 11.6. The van der Waals surface area contributed by atoms with Crippen molar-refractivity contribution in [3.63, 3.8) is 0 Å². The highest BCUT2D eigenvalue weighted by Gasteiger charge is 2.12. The molecule has 0 aliphatic carbocycles. The van der Waals surface area contributed by atoms with E-state index in [1.54, 1.807) is 0 Å². The molecule has 0 radical (unpaired) electrons. The van der Waals surface area contributed by atoms with Gasteiger partial charge < -0.3 is 10.2 Å². The molecule has 98 valence electrons. The summed E-state index contributed by atoms with van der Waals surface area (Å²) in [6, 6.07) is 5.71. The lowest BCUT2D eigenvalue weighted by atomic mass is 10.2. The van der Waals surface area contributed by atoms with E-state index in [0.717, 1.165) is 6.08 Å². The number of aliphatic hydroxyl groups is 1. The Labute approximate surface area is 105 Å². The standard InChI is InChI=1S/C11H13NO5S/c13-8-7-12-18(16,17)10-4-1-9(2-5-10)3-6-11(14)15/h1-6,12-13H,7-8H2,(H,14,15)/b6-3+.